The van der Waals surface area contributed by atoms with E-state index in [1.54, 1.807) is 6.92 Å². The Morgan fingerprint density at radius 3 is 2.75 bits per heavy atom. The molecule has 0 spiro atoms. The third-order valence-electron chi connectivity index (χ3n) is 3.77. The summed E-state index contributed by atoms with van der Waals surface area (Å²) in [5.74, 6) is 0.738. The predicted molar refractivity (Wildman–Crippen MR) is 84.0 cm³/mol. The van der Waals surface area contributed by atoms with Gasteiger partial charge >= 0.3 is 0 Å². The third kappa shape index (κ3) is 4.23. The van der Waals surface area contributed by atoms with Crippen LogP contribution in [0.15, 0.2) is 22.7 Å². The van der Waals surface area contributed by atoms with Crippen LogP contribution in [0, 0.1) is 6.92 Å². The molecule has 0 bridgehead atoms. The van der Waals surface area contributed by atoms with E-state index < -0.39 is 6.10 Å². The van der Waals surface area contributed by atoms with Gasteiger partial charge in [0.25, 0.3) is 5.91 Å². The summed E-state index contributed by atoms with van der Waals surface area (Å²) >= 11 is 3.42. The minimum atomic E-state index is -0.468. The van der Waals surface area contributed by atoms with E-state index in [0.29, 0.717) is 6.04 Å². The van der Waals surface area contributed by atoms with Crippen LogP contribution in [0.3, 0.4) is 0 Å². The van der Waals surface area contributed by atoms with E-state index in [4.69, 9.17) is 4.74 Å². The predicted octanol–water partition coefficient (Wildman–Crippen LogP) is 3.97. The zero-order chi connectivity index (χ0) is 14.5. The summed E-state index contributed by atoms with van der Waals surface area (Å²) in [5.41, 5.74) is 1.03. The summed E-state index contributed by atoms with van der Waals surface area (Å²) in [6.45, 7) is 3.78. The van der Waals surface area contributed by atoms with Crippen molar-refractivity contribution in [3.8, 4) is 5.75 Å². The van der Waals surface area contributed by atoms with Crippen LogP contribution in [0.25, 0.3) is 0 Å². The molecular weight excluding hydrogens is 318 g/mol. The van der Waals surface area contributed by atoms with Crippen molar-refractivity contribution in [2.75, 3.05) is 0 Å². The molecule has 1 aliphatic rings. The normalized spacial score (nSPS) is 17.6. The van der Waals surface area contributed by atoms with Gasteiger partial charge in [0.1, 0.15) is 5.75 Å². The fraction of sp³-hybridized carbons (Fsp3) is 0.562. The highest BCUT2D eigenvalue weighted by Gasteiger charge is 2.21. The largest absolute Gasteiger partial charge is 0.481 e. The summed E-state index contributed by atoms with van der Waals surface area (Å²) in [4.78, 5) is 12.2. The van der Waals surface area contributed by atoms with E-state index in [1.807, 2.05) is 25.1 Å². The summed E-state index contributed by atoms with van der Waals surface area (Å²) in [6, 6.07) is 6.17. The molecular formula is C16H22BrNO2. The molecule has 3 nitrogen and oxygen atoms in total. The standard InChI is InChI=1S/C16H22BrNO2/c1-11-8-9-13(17)10-15(11)20-12(2)16(19)18-14-6-4-3-5-7-14/h8-10,12,14H,3-7H2,1-2H3,(H,18,19). The van der Waals surface area contributed by atoms with Crippen LogP contribution in [0.5, 0.6) is 5.75 Å². The number of carbonyl (C=O) groups is 1. The van der Waals surface area contributed by atoms with Gasteiger partial charge in [-0.25, -0.2) is 0 Å². The summed E-state index contributed by atoms with van der Waals surface area (Å²) in [5, 5.41) is 3.10. The maximum Gasteiger partial charge on any atom is 0.260 e. The Balaban J connectivity index is 1.91. The molecule has 0 heterocycles. The zero-order valence-electron chi connectivity index (χ0n) is 12.1. The van der Waals surface area contributed by atoms with E-state index >= 15 is 0 Å². The Morgan fingerprint density at radius 2 is 2.05 bits per heavy atom. The molecule has 1 aliphatic carbocycles. The number of halogens is 1. The van der Waals surface area contributed by atoms with Crippen molar-refractivity contribution < 1.29 is 9.53 Å². The lowest BCUT2D eigenvalue weighted by molar-refractivity contribution is -0.128. The fourth-order valence-corrected chi connectivity index (χ4v) is 2.85. The average Bonchev–Trinajstić information content (AvgIpc) is 2.44. The molecule has 1 atom stereocenters. The molecule has 110 valence electrons. The number of benzene rings is 1. The lowest BCUT2D eigenvalue weighted by atomic mass is 9.95. The van der Waals surface area contributed by atoms with Crippen LogP contribution >= 0.6 is 15.9 Å². The summed E-state index contributed by atoms with van der Waals surface area (Å²) in [7, 11) is 0. The van der Waals surface area contributed by atoms with Crippen molar-refractivity contribution in [3.05, 3.63) is 28.2 Å². The average molecular weight is 340 g/mol. The van der Waals surface area contributed by atoms with Crippen LogP contribution < -0.4 is 10.1 Å². The number of hydrogen-bond acceptors (Lipinski definition) is 2. The topological polar surface area (TPSA) is 38.3 Å². The molecule has 0 aromatic heterocycles. The molecule has 0 aliphatic heterocycles. The van der Waals surface area contributed by atoms with Gasteiger partial charge in [-0.2, -0.15) is 0 Å². The van der Waals surface area contributed by atoms with Crippen LogP contribution in [0.1, 0.15) is 44.6 Å². The number of nitrogens with one attached hydrogen (secondary N) is 1. The molecule has 0 radical (unpaired) electrons. The molecule has 1 amide bonds. The molecule has 4 heteroatoms. The van der Waals surface area contributed by atoms with Crippen molar-refractivity contribution in [1.29, 1.82) is 0 Å². The SMILES string of the molecule is Cc1ccc(Br)cc1OC(C)C(=O)NC1CCCCC1. The number of carbonyl (C=O) groups excluding carboxylic acids is 1. The van der Waals surface area contributed by atoms with Crippen LogP contribution in [0.2, 0.25) is 0 Å². The van der Waals surface area contributed by atoms with E-state index in [1.165, 1.54) is 19.3 Å². The molecule has 1 unspecified atom stereocenters. The third-order valence-corrected chi connectivity index (χ3v) is 4.27. The molecule has 0 saturated heterocycles. The van der Waals surface area contributed by atoms with E-state index in [-0.39, 0.29) is 5.91 Å². The quantitative estimate of drug-likeness (QED) is 0.901. The van der Waals surface area contributed by atoms with Gasteiger partial charge in [-0.05, 0) is 44.4 Å². The Labute approximate surface area is 129 Å². The minimum absolute atomic E-state index is 0.0173. The monoisotopic (exact) mass is 339 g/mol. The Kier molecular flexibility index (Phi) is 5.46. The molecule has 1 N–H and O–H groups in total. The van der Waals surface area contributed by atoms with Crippen LogP contribution in [-0.2, 0) is 4.79 Å². The maximum atomic E-state index is 12.2. The fourth-order valence-electron chi connectivity index (χ4n) is 2.51. The number of ether oxygens (including phenoxy) is 1. The van der Waals surface area contributed by atoms with Crippen molar-refractivity contribution >= 4 is 21.8 Å². The Hall–Kier alpha value is -1.03. The second-order valence-corrected chi connectivity index (χ2v) is 6.43. The summed E-state index contributed by atoms with van der Waals surface area (Å²) in [6.07, 6.45) is 5.43. The van der Waals surface area contributed by atoms with Crippen molar-refractivity contribution in [3.63, 3.8) is 0 Å². The molecule has 1 saturated carbocycles. The van der Waals surface area contributed by atoms with E-state index in [0.717, 1.165) is 28.6 Å². The zero-order valence-corrected chi connectivity index (χ0v) is 13.7. The Morgan fingerprint density at radius 1 is 1.35 bits per heavy atom. The smallest absolute Gasteiger partial charge is 0.260 e. The molecule has 1 aromatic carbocycles. The van der Waals surface area contributed by atoms with Gasteiger partial charge in [0.2, 0.25) is 0 Å². The van der Waals surface area contributed by atoms with E-state index in [9.17, 15) is 4.79 Å². The van der Waals surface area contributed by atoms with Gasteiger partial charge in [0.15, 0.2) is 6.10 Å². The van der Waals surface area contributed by atoms with Crippen molar-refractivity contribution in [1.82, 2.24) is 5.32 Å². The van der Waals surface area contributed by atoms with Crippen molar-refractivity contribution in [2.24, 2.45) is 0 Å². The molecule has 2 rings (SSSR count). The maximum absolute atomic E-state index is 12.2. The first-order valence-electron chi connectivity index (χ1n) is 7.29. The van der Waals surface area contributed by atoms with Gasteiger partial charge < -0.3 is 10.1 Å². The van der Waals surface area contributed by atoms with Crippen molar-refractivity contribution in [2.45, 2.75) is 58.1 Å². The first-order valence-corrected chi connectivity index (χ1v) is 8.09. The highest BCUT2D eigenvalue weighted by Crippen LogP contribution is 2.24. The van der Waals surface area contributed by atoms with Gasteiger partial charge in [-0.1, -0.05) is 41.3 Å². The highest BCUT2D eigenvalue weighted by atomic mass is 79.9. The first-order chi connectivity index (χ1) is 9.56. The second kappa shape index (κ2) is 7.11. The Bertz CT molecular complexity index is 470. The molecule has 1 aromatic rings. The molecule has 20 heavy (non-hydrogen) atoms. The molecule has 1 fully saturated rings. The van der Waals surface area contributed by atoms with Crippen LogP contribution in [0.4, 0.5) is 0 Å². The number of aryl methyl sites for hydroxylation is 1. The lowest BCUT2D eigenvalue weighted by Gasteiger charge is -2.25. The first kappa shape index (κ1) is 15.4. The van der Waals surface area contributed by atoms with Gasteiger partial charge in [0, 0.05) is 10.5 Å². The van der Waals surface area contributed by atoms with Gasteiger partial charge in [-0.3, -0.25) is 4.79 Å². The van der Waals surface area contributed by atoms with Gasteiger partial charge in [0.05, 0.1) is 0 Å². The number of amides is 1. The second-order valence-electron chi connectivity index (χ2n) is 5.51. The van der Waals surface area contributed by atoms with Crippen LogP contribution in [-0.4, -0.2) is 18.1 Å². The number of hydrogen-bond donors (Lipinski definition) is 1. The minimum Gasteiger partial charge on any atom is -0.481 e. The summed E-state index contributed by atoms with van der Waals surface area (Å²) < 4.78 is 6.74. The van der Waals surface area contributed by atoms with E-state index in [2.05, 4.69) is 21.2 Å². The van der Waals surface area contributed by atoms with Gasteiger partial charge in [-0.15, -0.1) is 0 Å². The lowest BCUT2D eigenvalue weighted by Crippen LogP contribution is -2.43. The number of rotatable bonds is 4. The highest BCUT2D eigenvalue weighted by molar-refractivity contribution is 9.10.